The van der Waals surface area contributed by atoms with Gasteiger partial charge in [0.05, 0.1) is 0 Å². The van der Waals surface area contributed by atoms with Crippen LogP contribution in [0, 0.1) is 5.41 Å². The number of hydrogen-bond donors (Lipinski definition) is 1. The Morgan fingerprint density at radius 3 is 2.54 bits per heavy atom. The Labute approximate surface area is 169 Å². The molecular weight excluding hydrogens is 350 g/mol. The zero-order valence-corrected chi connectivity index (χ0v) is 17.5. The van der Waals surface area contributed by atoms with Crippen LogP contribution in [0.2, 0.25) is 0 Å². The van der Waals surface area contributed by atoms with Crippen LogP contribution in [0.4, 0.5) is 0 Å². The molecule has 1 spiro atoms. The molecule has 2 amide bonds. The van der Waals surface area contributed by atoms with Crippen LogP contribution in [-0.2, 0) is 9.59 Å². The van der Waals surface area contributed by atoms with E-state index in [4.69, 9.17) is 0 Å². The van der Waals surface area contributed by atoms with Crippen molar-refractivity contribution in [2.24, 2.45) is 5.41 Å². The van der Waals surface area contributed by atoms with Crippen LogP contribution in [0.3, 0.4) is 0 Å². The lowest BCUT2D eigenvalue weighted by Gasteiger charge is -2.50. The molecule has 154 valence electrons. The van der Waals surface area contributed by atoms with Crippen molar-refractivity contribution in [3.63, 3.8) is 0 Å². The van der Waals surface area contributed by atoms with E-state index < -0.39 is 0 Å². The third-order valence-electron chi connectivity index (χ3n) is 6.55. The third-order valence-corrected chi connectivity index (χ3v) is 6.55. The average molecular weight is 386 g/mol. The number of carbonyl (C=O) groups is 2. The lowest BCUT2D eigenvalue weighted by Crippen LogP contribution is -2.52. The molecule has 2 fully saturated rings. The van der Waals surface area contributed by atoms with E-state index >= 15 is 0 Å². The highest BCUT2D eigenvalue weighted by molar-refractivity contribution is 5.76. The molecule has 1 atom stereocenters. The maximum Gasteiger partial charge on any atom is 0.222 e. The van der Waals surface area contributed by atoms with Crippen LogP contribution in [0.15, 0.2) is 30.3 Å². The molecule has 0 radical (unpaired) electrons. The molecule has 1 aromatic rings. The molecule has 2 heterocycles. The summed E-state index contributed by atoms with van der Waals surface area (Å²) in [4.78, 5) is 28.1. The first kappa shape index (κ1) is 20.8. The average Bonchev–Trinajstić information content (AvgIpc) is 2.71. The summed E-state index contributed by atoms with van der Waals surface area (Å²) in [6, 6.07) is 10.9. The Bertz CT molecular complexity index is 653. The summed E-state index contributed by atoms with van der Waals surface area (Å²) in [5.41, 5.74) is 1.79. The lowest BCUT2D eigenvalue weighted by atomic mass is 9.68. The van der Waals surface area contributed by atoms with Crippen molar-refractivity contribution in [3.8, 4) is 0 Å². The molecule has 2 aliphatic rings. The van der Waals surface area contributed by atoms with Crippen LogP contribution in [0.5, 0.6) is 0 Å². The zero-order valence-electron chi connectivity index (χ0n) is 17.5. The van der Waals surface area contributed by atoms with Crippen LogP contribution >= 0.6 is 0 Å². The topological polar surface area (TPSA) is 52.6 Å². The smallest absolute Gasteiger partial charge is 0.222 e. The van der Waals surface area contributed by atoms with Gasteiger partial charge in [-0.1, -0.05) is 37.3 Å². The molecular formula is C23H35N3O2. The van der Waals surface area contributed by atoms with Crippen LogP contribution in [0.25, 0.3) is 0 Å². The number of likely N-dealkylation sites (tertiary alicyclic amines) is 2. The quantitative estimate of drug-likeness (QED) is 0.766. The minimum atomic E-state index is -0.0295. The number of amides is 2. The molecule has 1 N–H and O–H groups in total. The van der Waals surface area contributed by atoms with Crippen LogP contribution in [-0.4, -0.2) is 60.9 Å². The first-order valence-corrected chi connectivity index (χ1v) is 10.8. The van der Waals surface area contributed by atoms with E-state index in [-0.39, 0.29) is 11.8 Å². The summed E-state index contributed by atoms with van der Waals surface area (Å²) in [5, 5.41) is 2.77. The highest BCUT2D eigenvalue weighted by atomic mass is 16.2. The molecule has 5 nitrogen and oxygen atoms in total. The summed E-state index contributed by atoms with van der Waals surface area (Å²) in [5.74, 6) is 0.802. The maximum absolute atomic E-state index is 12.5. The Morgan fingerprint density at radius 2 is 1.89 bits per heavy atom. The molecule has 0 unspecified atom stereocenters. The summed E-state index contributed by atoms with van der Waals surface area (Å²) in [6.07, 6.45) is 4.69. The normalized spacial score (nSPS) is 22.2. The Morgan fingerprint density at radius 1 is 1.18 bits per heavy atom. The largest absolute Gasteiger partial charge is 0.356 e. The van der Waals surface area contributed by atoms with Gasteiger partial charge in [-0.05, 0) is 49.1 Å². The second-order valence-corrected chi connectivity index (χ2v) is 8.61. The first-order chi connectivity index (χ1) is 13.5. The van der Waals surface area contributed by atoms with Crippen molar-refractivity contribution < 1.29 is 9.59 Å². The zero-order chi connectivity index (χ0) is 20.0. The number of hydrogen-bond acceptors (Lipinski definition) is 3. The second-order valence-electron chi connectivity index (χ2n) is 8.61. The van der Waals surface area contributed by atoms with Crippen molar-refractivity contribution in [3.05, 3.63) is 35.9 Å². The number of nitrogens with zero attached hydrogens (tertiary/aromatic N) is 2. The van der Waals surface area contributed by atoms with Gasteiger partial charge in [0, 0.05) is 46.1 Å². The molecule has 0 bridgehead atoms. The van der Waals surface area contributed by atoms with E-state index in [1.165, 1.54) is 18.9 Å². The van der Waals surface area contributed by atoms with Gasteiger partial charge in [-0.3, -0.25) is 9.59 Å². The summed E-state index contributed by atoms with van der Waals surface area (Å²) in [7, 11) is 0. The van der Waals surface area contributed by atoms with E-state index in [1.54, 1.807) is 0 Å². The van der Waals surface area contributed by atoms with Gasteiger partial charge in [0.25, 0.3) is 0 Å². The fraction of sp³-hybridized carbons (Fsp3) is 0.652. The van der Waals surface area contributed by atoms with E-state index in [1.807, 2.05) is 4.90 Å². The van der Waals surface area contributed by atoms with Crippen molar-refractivity contribution in [1.82, 2.24) is 15.1 Å². The maximum atomic E-state index is 12.5. The van der Waals surface area contributed by atoms with E-state index in [0.29, 0.717) is 24.3 Å². The van der Waals surface area contributed by atoms with Gasteiger partial charge in [-0.25, -0.2) is 0 Å². The molecule has 0 aliphatic carbocycles. The fourth-order valence-corrected chi connectivity index (χ4v) is 4.95. The summed E-state index contributed by atoms with van der Waals surface area (Å²) in [6.45, 7) is 9.51. The van der Waals surface area contributed by atoms with Gasteiger partial charge < -0.3 is 15.1 Å². The van der Waals surface area contributed by atoms with Crippen LogP contribution < -0.4 is 5.32 Å². The van der Waals surface area contributed by atoms with Gasteiger partial charge in [-0.2, -0.15) is 0 Å². The molecule has 5 heteroatoms. The Balaban J connectivity index is 1.55. The number of carbonyl (C=O) groups excluding carboxylic acids is 2. The van der Waals surface area contributed by atoms with Crippen molar-refractivity contribution >= 4 is 11.8 Å². The van der Waals surface area contributed by atoms with Gasteiger partial charge in [0.1, 0.15) is 0 Å². The van der Waals surface area contributed by atoms with Crippen molar-refractivity contribution in [1.29, 1.82) is 0 Å². The van der Waals surface area contributed by atoms with E-state index in [9.17, 15) is 9.59 Å². The monoisotopic (exact) mass is 385 g/mol. The second kappa shape index (κ2) is 9.55. The molecule has 2 saturated heterocycles. The highest BCUT2D eigenvalue weighted by Gasteiger charge is 2.42. The number of nitrogens with one attached hydrogen (secondary N) is 1. The predicted molar refractivity (Wildman–Crippen MR) is 112 cm³/mol. The number of benzene rings is 1. The van der Waals surface area contributed by atoms with Gasteiger partial charge in [0.15, 0.2) is 0 Å². The summed E-state index contributed by atoms with van der Waals surface area (Å²) < 4.78 is 0. The molecule has 3 rings (SSSR count). The van der Waals surface area contributed by atoms with Crippen molar-refractivity contribution in [2.75, 3.05) is 39.3 Å². The SMILES string of the molecule is CCN1C[C@@H](c2ccccc2)CC2(CCN(C(=O)CCCNC(C)=O)CC2)C1. The van der Waals surface area contributed by atoms with Crippen molar-refractivity contribution in [2.45, 2.75) is 51.9 Å². The lowest BCUT2D eigenvalue weighted by molar-refractivity contribution is -0.134. The number of rotatable bonds is 6. The van der Waals surface area contributed by atoms with E-state index in [0.717, 1.165) is 52.0 Å². The number of likely N-dealkylation sites (N-methyl/N-ethyl adjacent to an activating group) is 1. The molecule has 0 aromatic heterocycles. The molecule has 1 aromatic carbocycles. The highest BCUT2D eigenvalue weighted by Crippen LogP contribution is 2.45. The van der Waals surface area contributed by atoms with Crippen LogP contribution in [0.1, 0.15) is 57.4 Å². The van der Waals surface area contributed by atoms with Gasteiger partial charge in [0.2, 0.25) is 11.8 Å². The minimum Gasteiger partial charge on any atom is -0.356 e. The first-order valence-electron chi connectivity index (χ1n) is 10.8. The fourth-order valence-electron chi connectivity index (χ4n) is 4.95. The third kappa shape index (κ3) is 5.34. The van der Waals surface area contributed by atoms with Gasteiger partial charge >= 0.3 is 0 Å². The summed E-state index contributed by atoms with van der Waals surface area (Å²) >= 11 is 0. The standard InChI is InChI=1S/C23H35N3O2/c1-3-25-17-21(20-8-5-4-6-9-20)16-23(18-25)11-14-26(15-12-23)22(28)10-7-13-24-19(2)27/h4-6,8-9,21H,3,7,10-18H2,1-2H3,(H,24,27)/t21-/m0/s1. The van der Waals surface area contributed by atoms with Gasteiger partial charge in [-0.15, -0.1) is 0 Å². The minimum absolute atomic E-state index is 0.0295. The Hall–Kier alpha value is -1.88. The Kier molecular flexibility index (Phi) is 7.11. The molecule has 0 saturated carbocycles. The predicted octanol–water partition coefficient (Wildman–Crippen LogP) is 3.02. The molecule has 2 aliphatic heterocycles. The van der Waals surface area contributed by atoms with E-state index in [2.05, 4.69) is 47.5 Å². The number of piperidine rings is 2. The molecule has 28 heavy (non-hydrogen) atoms.